The zero-order valence-electron chi connectivity index (χ0n) is 22.5. The van der Waals surface area contributed by atoms with Gasteiger partial charge in [0.05, 0.1) is 30.6 Å². The Bertz CT molecular complexity index is 1430. The van der Waals surface area contributed by atoms with Gasteiger partial charge in [-0.1, -0.05) is 56.2 Å². The highest BCUT2D eigenvalue weighted by molar-refractivity contribution is 5.82. The number of Topliss-reactive ketones (excluding diaryl/α,β-unsaturated/α-hetero) is 1. The van der Waals surface area contributed by atoms with E-state index in [4.69, 9.17) is 14.3 Å². The van der Waals surface area contributed by atoms with Gasteiger partial charge in [0.15, 0.2) is 0 Å². The number of benzene rings is 2. The third kappa shape index (κ3) is 9.93. The molecular weight excluding hydrogens is 539 g/mol. The average molecular weight is 572 g/mol. The third-order valence-electron chi connectivity index (χ3n) is 6.31. The van der Waals surface area contributed by atoms with Crippen molar-refractivity contribution in [3.05, 3.63) is 78.4 Å². The van der Waals surface area contributed by atoms with Gasteiger partial charge in [-0.2, -0.15) is 13.2 Å². The number of rotatable bonds is 12. The molecule has 0 saturated carbocycles. The van der Waals surface area contributed by atoms with Crippen molar-refractivity contribution in [2.75, 3.05) is 0 Å². The number of nitrogens with zero attached hydrogens (tertiary/aromatic N) is 1. The first kappa shape index (κ1) is 31.1. The number of carboxylic acid groups (broad SMARTS) is 1. The number of nitrogens with one attached hydrogen (secondary N) is 2. The monoisotopic (exact) mass is 571 g/mol. The van der Waals surface area contributed by atoms with Crippen LogP contribution in [0.4, 0.5) is 13.2 Å². The van der Waals surface area contributed by atoms with Crippen LogP contribution in [0.25, 0.3) is 22.2 Å². The molecule has 0 unspecified atom stereocenters. The summed E-state index contributed by atoms with van der Waals surface area (Å²) >= 11 is 0. The number of alkyl halides is 3. The minimum atomic E-state index is -5.08. The number of carboxylic acids is 1. The van der Waals surface area contributed by atoms with Gasteiger partial charge >= 0.3 is 12.1 Å². The van der Waals surface area contributed by atoms with Gasteiger partial charge in [-0.25, -0.2) is 9.78 Å². The van der Waals surface area contributed by atoms with E-state index in [0.717, 1.165) is 59.3 Å². The van der Waals surface area contributed by atoms with Crippen molar-refractivity contribution < 1.29 is 37.1 Å². The van der Waals surface area contributed by atoms with Gasteiger partial charge in [-0.05, 0) is 42.2 Å². The normalized spacial score (nSPS) is 11.9. The Balaban J connectivity index is 0.000000587. The maximum absolute atomic E-state index is 12.9. The molecule has 4 rings (SSSR count). The summed E-state index contributed by atoms with van der Waals surface area (Å²) < 4.78 is 37.1. The van der Waals surface area contributed by atoms with Gasteiger partial charge in [0.2, 0.25) is 5.91 Å². The number of carbonyl (C=O) groups excluding carboxylic acids is 2. The molecule has 0 aliphatic rings. The van der Waals surface area contributed by atoms with Gasteiger partial charge in [0.1, 0.15) is 17.2 Å². The molecule has 2 aromatic carbocycles. The lowest BCUT2D eigenvalue weighted by Crippen LogP contribution is -2.30. The van der Waals surface area contributed by atoms with Gasteiger partial charge in [0, 0.05) is 18.2 Å². The summed E-state index contributed by atoms with van der Waals surface area (Å²) in [6.45, 7) is 1.90. The van der Waals surface area contributed by atoms with Crippen LogP contribution in [0, 0.1) is 0 Å². The van der Waals surface area contributed by atoms with E-state index in [-0.39, 0.29) is 18.4 Å². The summed E-state index contributed by atoms with van der Waals surface area (Å²) in [6.07, 6.45) is 3.39. The van der Waals surface area contributed by atoms with Crippen LogP contribution in [-0.4, -0.2) is 38.9 Å². The number of hydrogen-bond acceptors (Lipinski definition) is 5. The van der Waals surface area contributed by atoms with E-state index in [1.54, 1.807) is 6.26 Å². The molecule has 1 amide bonds. The summed E-state index contributed by atoms with van der Waals surface area (Å²) in [4.78, 5) is 41.4. The molecule has 2 heterocycles. The molecule has 0 spiro atoms. The first-order valence-corrected chi connectivity index (χ1v) is 13.2. The number of unbranched alkanes of at least 4 members (excludes halogenated alkanes) is 2. The Labute approximate surface area is 235 Å². The maximum Gasteiger partial charge on any atom is 0.490 e. The van der Waals surface area contributed by atoms with Crippen molar-refractivity contribution in [3.63, 3.8) is 0 Å². The van der Waals surface area contributed by atoms with Crippen molar-refractivity contribution >= 4 is 28.6 Å². The lowest BCUT2D eigenvalue weighted by atomic mass is 10.0. The molecule has 0 bridgehead atoms. The van der Waals surface area contributed by atoms with Gasteiger partial charge in [-0.15, -0.1) is 0 Å². The molecule has 41 heavy (non-hydrogen) atoms. The number of aromatic nitrogens is 2. The second kappa shape index (κ2) is 14.8. The van der Waals surface area contributed by atoms with Crippen molar-refractivity contribution in [2.45, 2.75) is 64.1 Å². The van der Waals surface area contributed by atoms with Crippen LogP contribution in [0.1, 0.15) is 62.9 Å². The molecule has 4 aromatic rings. The van der Waals surface area contributed by atoms with Crippen molar-refractivity contribution in [1.29, 1.82) is 0 Å². The van der Waals surface area contributed by atoms with E-state index >= 15 is 0 Å². The smallest absolute Gasteiger partial charge is 0.475 e. The lowest BCUT2D eigenvalue weighted by molar-refractivity contribution is -0.192. The van der Waals surface area contributed by atoms with Crippen LogP contribution in [0.15, 0.2) is 71.5 Å². The highest BCUT2D eigenvalue weighted by atomic mass is 19.4. The van der Waals surface area contributed by atoms with Crippen molar-refractivity contribution in [1.82, 2.24) is 15.3 Å². The van der Waals surface area contributed by atoms with Crippen LogP contribution in [0.3, 0.4) is 0 Å². The zero-order valence-corrected chi connectivity index (χ0v) is 22.5. The Morgan fingerprint density at radius 3 is 2.46 bits per heavy atom. The largest absolute Gasteiger partial charge is 0.490 e. The fraction of sp³-hybridized carbons (Fsp3) is 0.333. The maximum atomic E-state index is 12.9. The minimum Gasteiger partial charge on any atom is -0.475 e. The second-order valence-corrected chi connectivity index (χ2v) is 9.43. The molecule has 3 N–H and O–H groups in total. The Hall–Kier alpha value is -4.41. The number of imidazole rings is 1. The van der Waals surface area contributed by atoms with E-state index in [9.17, 15) is 22.8 Å². The highest BCUT2D eigenvalue weighted by Gasteiger charge is 2.38. The fourth-order valence-corrected chi connectivity index (χ4v) is 4.14. The topological polar surface area (TPSA) is 125 Å². The third-order valence-corrected chi connectivity index (χ3v) is 6.31. The van der Waals surface area contributed by atoms with E-state index < -0.39 is 12.1 Å². The molecule has 2 aromatic heterocycles. The Morgan fingerprint density at radius 2 is 1.78 bits per heavy atom. The van der Waals surface area contributed by atoms with E-state index in [2.05, 4.69) is 15.3 Å². The molecule has 0 fully saturated rings. The summed E-state index contributed by atoms with van der Waals surface area (Å²) in [7, 11) is 0. The average Bonchev–Trinajstić information content (AvgIpc) is 3.62. The van der Waals surface area contributed by atoms with Crippen molar-refractivity contribution in [3.8, 4) is 11.3 Å². The predicted octanol–water partition coefficient (Wildman–Crippen LogP) is 6.79. The quantitative estimate of drug-likeness (QED) is 0.161. The summed E-state index contributed by atoms with van der Waals surface area (Å²) in [5.41, 5.74) is 3.73. The number of ketones is 1. The van der Waals surface area contributed by atoms with E-state index in [0.29, 0.717) is 18.6 Å². The van der Waals surface area contributed by atoms with Crippen LogP contribution >= 0.6 is 0 Å². The van der Waals surface area contributed by atoms with Gasteiger partial charge < -0.3 is 19.8 Å². The number of halogens is 3. The second-order valence-electron chi connectivity index (χ2n) is 9.43. The van der Waals surface area contributed by atoms with Crippen LogP contribution in [0.2, 0.25) is 0 Å². The standard InChI is InChI=1S/C28H31N3O3.C2HF3O2/c1-2-23(32)11-7-4-8-12-24(28-29-19-25(31-28)21-9-5-3-6-10-21)30-27(33)18-20-13-14-26-22(17-20)15-16-34-26;3-2(4,5)1(6)7/h3,5-6,9-10,13-17,19,24H,2,4,7-8,11-12,18H2,1H3,(H,29,31)(H,30,33);(H,6,7)/t24-;/m0./s1. The number of hydrogen-bond donors (Lipinski definition) is 3. The fourth-order valence-electron chi connectivity index (χ4n) is 4.14. The number of H-pyrrole nitrogens is 1. The molecule has 0 saturated heterocycles. The van der Waals surface area contributed by atoms with Crippen LogP contribution in [-0.2, 0) is 20.8 Å². The summed E-state index contributed by atoms with van der Waals surface area (Å²) in [6, 6.07) is 17.5. The predicted molar refractivity (Wildman–Crippen MR) is 147 cm³/mol. The first-order chi connectivity index (χ1) is 19.6. The molecular formula is C30H32F3N3O5. The number of aromatic amines is 1. The van der Waals surface area contributed by atoms with Crippen LogP contribution in [0.5, 0.6) is 0 Å². The molecule has 11 heteroatoms. The first-order valence-electron chi connectivity index (χ1n) is 13.2. The van der Waals surface area contributed by atoms with Crippen molar-refractivity contribution in [2.24, 2.45) is 0 Å². The van der Waals surface area contributed by atoms with E-state index in [1.807, 2.05) is 67.7 Å². The number of fused-ring (bicyclic) bond motifs is 1. The zero-order chi connectivity index (χ0) is 29.8. The molecule has 1 atom stereocenters. The van der Waals surface area contributed by atoms with Gasteiger partial charge in [0.25, 0.3) is 0 Å². The molecule has 218 valence electrons. The molecule has 8 nitrogen and oxygen atoms in total. The minimum absolute atomic E-state index is 0.0494. The van der Waals surface area contributed by atoms with Gasteiger partial charge in [-0.3, -0.25) is 9.59 Å². The Kier molecular flexibility index (Phi) is 11.3. The lowest BCUT2D eigenvalue weighted by Gasteiger charge is -2.17. The van der Waals surface area contributed by atoms with Crippen LogP contribution < -0.4 is 5.32 Å². The number of carbonyl (C=O) groups is 3. The molecule has 0 aliphatic heterocycles. The number of aliphatic carboxylic acids is 1. The molecule has 0 aliphatic carbocycles. The number of amides is 1. The molecule has 0 radical (unpaired) electrons. The number of furan rings is 1. The SMILES string of the molecule is CCC(=O)CCCCC[C@H](NC(=O)Cc1ccc2occc2c1)c1ncc(-c2ccccc2)[nH]1.O=C(O)C(F)(F)F. The van der Waals surface area contributed by atoms with E-state index in [1.165, 1.54) is 0 Å². The summed E-state index contributed by atoms with van der Waals surface area (Å²) in [5, 5.41) is 11.3. The summed E-state index contributed by atoms with van der Waals surface area (Å²) in [5.74, 6) is -1.75. The highest BCUT2D eigenvalue weighted by Crippen LogP contribution is 2.23. The Morgan fingerprint density at radius 1 is 1.05 bits per heavy atom.